The third kappa shape index (κ3) is 7.55. The van der Waals surface area contributed by atoms with Gasteiger partial charge in [0, 0.05) is 35.8 Å². The Bertz CT molecular complexity index is 974. The fourth-order valence-electron chi connectivity index (χ4n) is 3.15. The minimum Gasteiger partial charge on any atom is -0.497 e. The lowest BCUT2D eigenvalue weighted by atomic mass is 10.1. The monoisotopic (exact) mass is 488 g/mol. The lowest BCUT2D eigenvalue weighted by molar-refractivity contribution is -0.137. The number of ether oxygens (including phenoxy) is 2. The molecular formula is C24H28N2O7S. The minimum atomic E-state index is -1.28. The van der Waals surface area contributed by atoms with Gasteiger partial charge in [0.05, 0.1) is 26.9 Å². The third-order valence-electron chi connectivity index (χ3n) is 4.68. The summed E-state index contributed by atoms with van der Waals surface area (Å²) in [6.45, 7) is 3.86. The molecule has 9 nitrogen and oxygen atoms in total. The molecule has 1 heterocycles. The average molecular weight is 489 g/mol. The molecule has 2 aromatic rings. The van der Waals surface area contributed by atoms with E-state index in [2.05, 4.69) is 6.58 Å². The number of methoxy groups -OCH3 is 1. The Morgan fingerprint density at radius 1 is 1.15 bits per heavy atom. The second-order valence-corrected chi connectivity index (χ2v) is 7.87. The minimum absolute atomic E-state index is 0.00163. The van der Waals surface area contributed by atoms with E-state index in [4.69, 9.17) is 19.7 Å². The Morgan fingerprint density at radius 2 is 1.88 bits per heavy atom. The van der Waals surface area contributed by atoms with Crippen LogP contribution in [0.1, 0.15) is 10.9 Å². The number of aliphatic hydroxyl groups excluding tert-OH is 1. The van der Waals surface area contributed by atoms with Crippen molar-refractivity contribution in [1.82, 2.24) is 4.90 Å². The molecule has 2 N–H and O–H groups in total. The van der Waals surface area contributed by atoms with Crippen molar-refractivity contribution < 1.29 is 34.1 Å². The van der Waals surface area contributed by atoms with Crippen LogP contribution in [0.5, 0.6) is 5.75 Å². The molecule has 0 radical (unpaired) electrons. The Balaban J connectivity index is 2.48. The van der Waals surface area contributed by atoms with Crippen LogP contribution < -0.4 is 9.64 Å². The first-order valence-electron chi connectivity index (χ1n) is 10.4. The number of aliphatic carboxylic acids is 1. The normalized spacial score (nSPS) is 11.7. The van der Waals surface area contributed by atoms with Crippen molar-refractivity contribution >= 4 is 34.8 Å². The maximum atomic E-state index is 13.9. The molecule has 1 unspecified atom stereocenters. The van der Waals surface area contributed by atoms with Gasteiger partial charge in [0.1, 0.15) is 11.8 Å². The van der Waals surface area contributed by atoms with E-state index < -0.39 is 23.8 Å². The lowest BCUT2D eigenvalue weighted by Gasteiger charge is -2.33. The molecular weight excluding hydrogens is 460 g/mol. The lowest BCUT2D eigenvalue weighted by Crippen LogP contribution is -2.46. The van der Waals surface area contributed by atoms with Gasteiger partial charge in [0.2, 0.25) is 5.91 Å². The number of nitrogens with zero attached hydrogens (tertiary/aromatic N) is 2. The van der Waals surface area contributed by atoms with E-state index in [-0.39, 0.29) is 32.9 Å². The number of carbonyl (C=O) groups is 3. The smallest absolute Gasteiger partial charge is 0.328 e. The zero-order chi connectivity index (χ0) is 24.9. The quantitative estimate of drug-likeness (QED) is 0.238. The second kappa shape index (κ2) is 13.9. The molecule has 1 aromatic carbocycles. The molecule has 0 fully saturated rings. The van der Waals surface area contributed by atoms with Crippen molar-refractivity contribution in [3.8, 4) is 5.75 Å². The van der Waals surface area contributed by atoms with Crippen LogP contribution >= 0.6 is 11.3 Å². The zero-order valence-corrected chi connectivity index (χ0v) is 19.6. The molecule has 1 atom stereocenters. The fraction of sp³-hybridized carbons (Fsp3) is 0.292. The third-order valence-corrected chi connectivity index (χ3v) is 5.61. The maximum Gasteiger partial charge on any atom is 0.328 e. The molecule has 0 aliphatic heterocycles. The summed E-state index contributed by atoms with van der Waals surface area (Å²) in [7, 11) is 1.54. The van der Waals surface area contributed by atoms with Crippen LogP contribution in [-0.2, 0) is 19.1 Å². The number of thiophene rings is 1. The molecule has 10 heteroatoms. The number of carbonyl (C=O) groups excluding carboxylic acids is 2. The zero-order valence-electron chi connectivity index (χ0n) is 18.8. The number of amides is 2. The Hall–Kier alpha value is -3.47. The number of benzene rings is 1. The number of anilines is 1. The molecule has 0 spiro atoms. The first-order chi connectivity index (χ1) is 16.4. The number of carboxylic acids is 1. The van der Waals surface area contributed by atoms with Crippen LogP contribution in [0.15, 0.2) is 66.6 Å². The highest BCUT2D eigenvalue weighted by Gasteiger charge is 2.34. The number of hydrogen-bond acceptors (Lipinski definition) is 7. The van der Waals surface area contributed by atoms with E-state index in [1.54, 1.807) is 55.0 Å². The summed E-state index contributed by atoms with van der Waals surface area (Å²) >= 11 is 1.30. The van der Waals surface area contributed by atoms with Crippen LogP contribution in [0.3, 0.4) is 0 Å². The summed E-state index contributed by atoms with van der Waals surface area (Å²) in [6, 6.07) is 9.37. The van der Waals surface area contributed by atoms with Gasteiger partial charge in [-0.1, -0.05) is 12.1 Å². The standard InChI is InChI=1S/C24H28N2O7S/c1-3-12-25(18-6-8-19(32-2)9-7-18)24(31)23(20-5-4-17-34-20)26(13-15-33-16-14-27)21(28)10-11-22(29)30/h3-11,17,23,27H,1,12-16H2,2H3,(H,29,30)/b11-10-. The highest BCUT2D eigenvalue weighted by Crippen LogP contribution is 2.30. The first-order valence-corrected chi connectivity index (χ1v) is 11.3. The maximum absolute atomic E-state index is 13.9. The number of carboxylic acid groups (broad SMARTS) is 1. The van der Waals surface area contributed by atoms with Gasteiger partial charge in [-0.25, -0.2) is 4.79 Å². The van der Waals surface area contributed by atoms with Crippen molar-refractivity contribution in [3.05, 3.63) is 71.5 Å². The number of rotatable bonds is 14. The molecule has 2 amide bonds. The van der Waals surface area contributed by atoms with Crippen LogP contribution in [0, 0.1) is 0 Å². The molecule has 0 saturated carbocycles. The number of aliphatic hydroxyl groups is 1. The largest absolute Gasteiger partial charge is 0.497 e. The SMILES string of the molecule is C=CCN(C(=O)C(c1cccs1)N(CCOCCO)C(=O)/C=C\C(=O)O)c1ccc(OC)cc1. The summed E-state index contributed by atoms with van der Waals surface area (Å²) in [4.78, 5) is 41.3. The second-order valence-electron chi connectivity index (χ2n) is 6.89. The summed E-state index contributed by atoms with van der Waals surface area (Å²) in [5.74, 6) is -1.71. The molecule has 0 aliphatic rings. The number of hydrogen-bond donors (Lipinski definition) is 2. The predicted molar refractivity (Wildman–Crippen MR) is 129 cm³/mol. The van der Waals surface area contributed by atoms with E-state index in [1.165, 1.54) is 21.1 Å². The van der Waals surface area contributed by atoms with Crippen LogP contribution in [-0.4, -0.2) is 72.9 Å². The topological polar surface area (TPSA) is 117 Å². The van der Waals surface area contributed by atoms with Crippen molar-refractivity contribution in [2.75, 3.05) is 44.9 Å². The van der Waals surface area contributed by atoms with Gasteiger partial charge in [0.25, 0.3) is 5.91 Å². The molecule has 0 saturated heterocycles. The van der Waals surface area contributed by atoms with Crippen molar-refractivity contribution in [1.29, 1.82) is 0 Å². The summed E-state index contributed by atoms with van der Waals surface area (Å²) in [5, 5.41) is 19.7. The van der Waals surface area contributed by atoms with Crippen molar-refractivity contribution in [2.24, 2.45) is 0 Å². The van der Waals surface area contributed by atoms with Gasteiger partial charge in [-0.3, -0.25) is 9.59 Å². The van der Waals surface area contributed by atoms with Gasteiger partial charge in [-0.05, 0) is 35.7 Å². The van der Waals surface area contributed by atoms with Gasteiger partial charge >= 0.3 is 5.97 Å². The van der Waals surface area contributed by atoms with Crippen LogP contribution in [0.25, 0.3) is 0 Å². The molecule has 1 aromatic heterocycles. The van der Waals surface area contributed by atoms with Gasteiger partial charge in [0.15, 0.2) is 0 Å². The summed E-state index contributed by atoms with van der Waals surface area (Å²) < 4.78 is 10.5. The summed E-state index contributed by atoms with van der Waals surface area (Å²) in [5.41, 5.74) is 0.581. The van der Waals surface area contributed by atoms with E-state index >= 15 is 0 Å². The van der Waals surface area contributed by atoms with Crippen molar-refractivity contribution in [2.45, 2.75) is 6.04 Å². The van der Waals surface area contributed by atoms with E-state index in [0.717, 1.165) is 12.2 Å². The van der Waals surface area contributed by atoms with Crippen LogP contribution in [0.4, 0.5) is 5.69 Å². The van der Waals surface area contributed by atoms with Gasteiger partial charge < -0.3 is 29.5 Å². The average Bonchev–Trinajstić information content (AvgIpc) is 3.37. The predicted octanol–water partition coefficient (Wildman–Crippen LogP) is 2.50. The van der Waals surface area contributed by atoms with Crippen molar-refractivity contribution in [3.63, 3.8) is 0 Å². The molecule has 0 aliphatic carbocycles. The highest BCUT2D eigenvalue weighted by molar-refractivity contribution is 7.10. The fourth-order valence-corrected chi connectivity index (χ4v) is 3.98. The highest BCUT2D eigenvalue weighted by atomic mass is 32.1. The Morgan fingerprint density at radius 3 is 2.44 bits per heavy atom. The van der Waals surface area contributed by atoms with Crippen LogP contribution in [0.2, 0.25) is 0 Å². The molecule has 2 rings (SSSR count). The molecule has 0 bridgehead atoms. The molecule has 34 heavy (non-hydrogen) atoms. The first kappa shape index (κ1) is 26.8. The van der Waals surface area contributed by atoms with E-state index in [9.17, 15) is 14.4 Å². The van der Waals surface area contributed by atoms with E-state index in [1.807, 2.05) is 0 Å². The Kier molecular flexibility index (Phi) is 11.0. The molecule has 182 valence electrons. The Labute approximate surface area is 202 Å². The van der Waals surface area contributed by atoms with Gasteiger partial charge in [-0.2, -0.15) is 0 Å². The van der Waals surface area contributed by atoms with Gasteiger partial charge in [-0.15, -0.1) is 17.9 Å². The van der Waals surface area contributed by atoms with E-state index in [0.29, 0.717) is 16.3 Å². The summed E-state index contributed by atoms with van der Waals surface area (Å²) in [6.07, 6.45) is 3.22.